The number of benzene rings is 2. The van der Waals surface area contributed by atoms with Crippen LogP contribution in [0.5, 0.6) is 17.2 Å². The molecule has 0 saturated carbocycles. The van der Waals surface area contributed by atoms with Gasteiger partial charge in [0.25, 0.3) is 5.91 Å². The zero-order valence-corrected chi connectivity index (χ0v) is 17.6. The Labute approximate surface area is 167 Å². The Morgan fingerprint density at radius 1 is 1.07 bits per heavy atom. The highest BCUT2D eigenvalue weighted by Crippen LogP contribution is 2.28. The molecule has 0 aliphatic rings. The van der Waals surface area contributed by atoms with Crippen LogP contribution in [0.1, 0.15) is 25.0 Å². The minimum absolute atomic E-state index is 0.0562. The molecule has 2 N–H and O–H groups in total. The van der Waals surface area contributed by atoms with Crippen LogP contribution in [0.4, 0.5) is 5.69 Å². The third-order valence-electron chi connectivity index (χ3n) is 4.76. The van der Waals surface area contributed by atoms with Gasteiger partial charge in [0.15, 0.2) is 17.5 Å². The van der Waals surface area contributed by atoms with Gasteiger partial charge < -0.3 is 24.4 Å². The minimum Gasteiger partial charge on any atom is -0.495 e. The van der Waals surface area contributed by atoms with Crippen LogP contribution >= 0.6 is 0 Å². The number of carbonyl (C=O) groups is 1. The second kappa shape index (κ2) is 9.99. The standard InChI is InChI=1S/C22H30N2O4/c1-7-28-20-11-9-17(13-21(20)27-6)14-24(4)16(3)22(25)23-18-12-15(2)8-10-19(18)26-5/h8-13,16H,7,14H2,1-6H3,(H,23,25)/p+1/t16-/m1/s1. The van der Waals surface area contributed by atoms with Gasteiger partial charge in [-0.05, 0) is 56.7 Å². The number of rotatable bonds is 9. The van der Waals surface area contributed by atoms with Crippen molar-refractivity contribution in [1.82, 2.24) is 0 Å². The molecule has 6 nitrogen and oxygen atoms in total. The summed E-state index contributed by atoms with van der Waals surface area (Å²) < 4.78 is 16.3. The number of ether oxygens (including phenoxy) is 3. The van der Waals surface area contributed by atoms with Gasteiger partial charge in [-0.3, -0.25) is 4.79 Å². The van der Waals surface area contributed by atoms with E-state index in [-0.39, 0.29) is 11.9 Å². The molecule has 152 valence electrons. The average Bonchev–Trinajstić information content (AvgIpc) is 2.68. The van der Waals surface area contributed by atoms with Crippen molar-refractivity contribution in [2.24, 2.45) is 0 Å². The Bertz CT molecular complexity index is 807. The fourth-order valence-electron chi connectivity index (χ4n) is 2.96. The molecule has 1 amide bonds. The first-order valence-corrected chi connectivity index (χ1v) is 9.47. The van der Waals surface area contributed by atoms with Gasteiger partial charge in [-0.15, -0.1) is 0 Å². The summed E-state index contributed by atoms with van der Waals surface area (Å²) in [4.78, 5) is 13.8. The molecule has 28 heavy (non-hydrogen) atoms. The van der Waals surface area contributed by atoms with Crippen LogP contribution in [0, 0.1) is 6.92 Å². The van der Waals surface area contributed by atoms with Crippen LogP contribution in [0.15, 0.2) is 36.4 Å². The lowest BCUT2D eigenvalue weighted by molar-refractivity contribution is -0.907. The van der Waals surface area contributed by atoms with Crippen molar-refractivity contribution < 1.29 is 23.9 Å². The van der Waals surface area contributed by atoms with Crippen LogP contribution in [0.25, 0.3) is 0 Å². The van der Waals surface area contributed by atoms with E-state index in [0.29, 0.717) is 30.3 Å². The Morgan fingerprint density at radius 3 is 2.39 bits per heavy atom. The van der Waals surface area contributed by atoms with Crippen molar-refractivity contribution in [2.45, 2.75) is 33.4 Å². The smallest absolute Gasteiger partial charge is 0.282 e. The fourth-order valence-corrected chi connectivity index (χ4v) is 2.96. The number of aryl methyl sites for hydroxylation is 1. The predicted octanol–water partition coefficient (Wildman–Crippen LogP) is 2.45. The summed E-state index contributed by atoms with van der Waals surface area (Å²) in [6.07, 6.45) is 0. The van der Waals surface area contributed by atoms with Gasteiger partial charge in [-0.25, -0.2) is 0 Å². The molecule has 2 aromatic carbocycles. The maximum absolute atomic E-state index is 12.8. The van der Waals surface area contributed by atoms with Crippen LogP contribution in [-0.2, 0) is 11.3 Å². The van der Waals surface area contributed by atoms with E-state index in [9.17, 15) is 4.79 Å². The summed E-state index contributed by atoms with van der Waals surface area (Å²) in [7, 11) is 5.23. The monoisotopic (exact) mass is 387 g/mol. The second-order valence-corrected chi connectivity index (χ2v) is 6.86. The molecule has 0 radical (unpaired) electrons. The quantitative estimate of drug-likeness (QED) is 0.694. The van der Waals surface area contributed by atoms with Gasteiger partial charge in [0.1, 0.15) is 12.3 Å². The van der Waals surface area contributed by atoms with Crippen molar-refractivity contribution in [3.05, 3.63) is 47.5 Å². The highest BCUT2D eigenvalue weighted by atomic mass is 16.5. The van der Waals surface area contributed by atoms with Crippen molar-refractivity contribution >= 4 is 11.6 Å². The number of methoxy groups -OCH3 is 2. The summed E-state index contributed by atoms with van der Waals surface area (Å²) in [5.41, 5.74) is 2.83. The predicted molar refractivity (Wildman–Crippen MR) is 111 cm³/mol. The highest BCUT2D eigenvalue weighted by Gasteiger charge is 2.23. The Hall–Kier alpha value is -2.73. The van der Waals surface area contributed by atoms with Crippen molar-refractivity contribution in [3.8, 4) is 17.2 Å². The third kappa shape index (κ3) is 5.39. The van der Waals surface area contributed by atoms with Gasteiger partial charge in [0.2, 0.25) is 0 Å². The lowest BCUT2D eigenvalue weighted by Crippen LogP contribution is -3.12. The lowest BCUT2D eigenvalue weighted by atomic mass is 10.1. The summed E-state index contributed by atoms with van der Waals surface area (Å²) in [5, 5.41) is 2.99. The summed E-state index contributed by atoms with van der Waals surface area (Å²) >= 11 is 0. The molecule has 0 aliphatic heterocycles. The Morgan fingerprint density at radius 2 is 1.75 bits per heavy atom. The maximum Gasteiger partial charge on any atom is 0.282 e. The number of carbonyl (C=O) groups excluding carboxylic acids is 1. The van der Waals surface area contributed by atoms with E-state index in [1.165, 1.54) is 0 Å². The van der Waals surface area contributed by atoms with E-state index in [2.05, 4.69) is 5.32 Å². The van der Waals surface area contributed by atoms with Gasteiger partial charge in [0.05, 0.1) is 33.6 Å². The molecule has 2 aromatic rings. The molecular weight excluding hydrogens is 356 g/mol. The number of anilines is 1. The third-order valence-corrected chi connectivity index (χ3v) is 4.76. The molecule has 0 fully saturated rings. The average molecular weight is 388 g/mol. The summed E-state index contributed by atoms with van der Waals surface area (Å²) in [6, 6.07) is 11.4. The first-order chi connectivity index (χ1) is 13.4. The fraction of sp³-hybridized carbons (Fsp3) is 0.409. The SMILES string of the molecule is CCOc1ccc(C[NH+](C)[C@H](C)C(=O)Nc2cc(C)ccc2OC)cc1OC. The molecule has 2 atom stereocenters. The van der Waals surface area contributed by atoms with Crippen molar-refractivity contribution in [1.29, 1.82) is 0 Å². The van der Waals surface area contributed by atoms with Gasteiger partial charge >= 0.3 is 0 Å². The van der Waals surface area contributed by atoms with Crippen LogP contribution in [0.3, 0.4) is 0 Å². The number of likely N-dealkylation sites (N-methyl/N-ethyl adjacent to an activating group) is 1. The normalized spacial score (nSPS) is 12.8. The topological polar surface area (TPSA) is 61.2 Å². The van der Waals surface area contributed by atoms with Gasteiger partial charge in [0, 0.05) is 5.56 Å². The first-order valence-electron chi connectivity index (χ1n) is 9.47. The second-order valence-electron chi connectivity index (χ2n) is 6.86. The molecule has 0 aromatic heterocycles. The van der Waals surface area contributed by atoms with E-state index >= 15 is 0 Å². The zero-order valence-electron chi connectivity index (χ0n) is 17.6. The van der Waals surface area contributed by atoms with E-state index in [4.69, 9.17) is 14.2 Å². The van der Waals surface area contributed by atoms with Crippen LogP contribution < -0.4 is 24.4 Å². The molecule has 6 heteroatoms. The Balaban J connectivity index is 2.07. The highest BCUT2D eigenvalue weighted by molar-refractivity contribution is 5.95. The largest absolute Gasteiger partial charge is 0.495 e. The van der Waals surface area contributed by atoms with Crippen LogP contribution in [0.2, 0.25) is 0 Å². The zero-order chi connectivity index (χ0) is 20.7. The lowest BCUT2D eigenvalue weighted by Gasteiger charge is -2.22. The Kier molecular flexibility index (Phi) is 7.70. The molecular formula is C22H31N2O4+. The molecule has 0 spiro atoms. The number of hydrogen-bond acceptors (Lipinski definition) is 4. The molecule has 2 rings (SSSR count). The number of nitrogens with one attached hydrogen (secondary N) is 2. The number of amides is 1. The maximum atomic E-state index is 12.8. The first kappa shape index (κ1) is 21.6. The van der Waals surface area contributed by atoms with Gasteiger partial charge in [-0.2, -0.15) is 0 Å². The number of hydrogen-bond donors (Lipinski definition) is 2. The molecule has 0 aliphatic carbocycles. The summed E-state index contributed by atoms with van der Waals surface area (Å²) in [6.45, 7) is 7.10. The van der Waals surface area contributed by atoms with Crippen LogP contribution in [-0.4, -0.2) is 39.8 Å². The van der Waals surface area contributed by atoms with E-state index in [1.807, 2.05) is 64.2 Å². The summed E-state index contributed by atoms with van der Waals surface area (Å²) in [5.74, 6) is 2.02. The number of quaternary nitrogens is 1. The van der Waals surface area contributed by atoms with Crippen molar-refractivity contribution in [3.63, 3.8) is 0 Å². The molecule has 0 bridgehead atoms. The minimum atomic E-state index is -0.247. The molecule has 1 unspecified atom stereocenters. The molecule has 0 heterocycles. The van der Waals surface area contributed by atoms with E-state index < -0.39 is 0 Å². The van der Waals surface area contributed by atoms with E-state index in [0.717, 1.165) is 21.8 Å². The van der Waals surface area contributed by atoms with Crippen molar-refractivity contribution in [2.75, 3.05) is 33.2 Å². The molecule has 0 saturated heterocycles. The van der Waals surface area contributed by atoms with E-state index in [1.54, 1.807) is 14.2 Å². The van der Waals surface area contributed by atoms with Gasteiger partial charge in [-0.1, -0.05) is 6.07 Å².